The highest BCUT2D eigenvalue weighted by molar-refractivity contribution is 14.1. The maximum atomic E-state index is 10.6. The van der Waals surface area contributed by atoms with Gasteiger partial charge in [-0.1, -0.05) is 24.3 Å². The Hall–Kier alpha value is -1.56. The van der Waals surface area contributed by atoms with Crippen LogP contribution in [0.4, 0.5) is 0 Å². The summed E-state index contributed by atoms with van der Waals surface area (Å²) in [6.45, 7) is 0.509. The number of hydrogen-bond donors (Lipinski definition) is 1. The second-order valence-corrected chi connectivity index (χ2v) is 5.38. The predicted octanol–water partition coefficient (Wildman–Crippen LogP) is 3.50. The van der Waals surface area contributed by atoms with Gasteiger partial charge >= 0.3 is 5.97 Å². The summed E-state index contributed by atoms with van der Waals surface area (Å²) >= 11 is 2.26. The van der Waals surface area contributed by atoms with Crippen LogP contribution in [0.1, 0.15) is 11.1 Å². The summed E-state index contributed by atoms with van der Waals surface area (Å²) in [4.78, 5) is 10.6. The van der Waals surface area contributed by atoms with E-state index in [1.807, 2.05) is 18.2 Å². The van der Waals surface area contributed by atoms with Gasteiger partial charge in [0.1, 0.15) is 12.4 Å². The highest BCUT2D eigenvalue weighted by Crippen LogP contribution is 2.15. The molecule has 0 aliphatic rings. The van der Waals surface area contributed by atoms with Crippen LogP contribution < -0.4 is 4.74 Å². The molecule has 0 spiro atoms. The third-order valence-corrected chi connectivity index (χ3v) is 3.24. The van der Waals surface area contributed by atoms with E-state index in [0.29, 0.717) is 6.61 Å². The minimum atomic E-state index is -0.826. The summed E-state index contributed by atoms with van der Waals surface area (Å²) in [6, 6.07) is 15.3. The van der Waals surface area contributed by atoms with E-state index in [1.54, 1.807) is 24.3 Å². The first-order valence-corrected chi connectivity index (χ1v) is 6.89. The third-order valence-electron chi connectivity index (χ3n) is 2.57. The lowest BCUT2D eigenvalue weighted by Crippen LogP contribution is -2.00. The highest BCUT2D eigenvalue weighted by Gasteiger charge is 2.01. The molecule has 0 heterocycles. The lowest BCUT2D eigenvalue weighted by Gasteiger charge is -2.07. The molecule has 0 saturated carbocycles. The number of rotatable bonds is 5. The number of carboxylic acid groups (broad SMARTS) is 1. The van der Waals surface area contributed by atoms with Gasteiger partial charge in [-0.3, -0.25) is 4.79 Å². The minimum Gasteiger partial charge on any atom is -0.489 e. The first-order valence-electron chi connectivity index (χ1n) is 5.81. The molecule has 0 radical (unpaired) electrons. The average Bonchev–Trinajstić information content (AvgIpc) is 2.37. The SMILES string of the molecule is O=C(O)Cc1ccc(OCc2cccc(I)c2)cc1. The van der Waals surface area contributed by atoms with Crippen molar-refractivity contribution >= 4 is 28.6 Å². The van der Waals surface area contributed by atoms with Crippen LogP contribution in [0, 0.1) is 3.57 Å². The average molecular weight is 368 g/mol. The van der Waals surface area contributed by atoms with Gasteiger partial charge in [-0.05, 0) is 58.0 Å². The van der Waals surface area contributed by atoms with Crippen LogP contribution in [-0.2, 0) is 17.8 Å². The molecule has 4 heteroatoms. The van der Waals surface area contributed by atoms with E-state index in [1.165, 1.54) is 3.57 Å². The zero-order valence-electron chi connectivity index (χ0n) is 10.2. The summed E-state index contributed by atoms with van der Waals surface area (Å²) in [5.41, 5.74) is 1.88. The Morgan fingerprint density at radius 2 is 1.84 bits per heavy atom. The Morgan fingerprint density at radius 3 is 2.47 bits per heavy atom. The first-order chi connectivity index (χ1) is 9.13. The van der Waals surface area contributed by atoms with Crippen molar-refractivity contribution in [2.24, 2.45) is 0 Å². The quantitative estimate of drug-likeness (QED) is 0.822. The molecule has 0 aliphatic carbocycles. The molecule has 2 aromatic carbocycles. The van der Waals surface area contributed by atoms with Gasteiger partial charge in [-0.2, -0.15) is 0 Å². The molecule has 19 heavy (non-hydrogen) atoms. The topological polar surface area (TPSA) is 46.5 Å². The van der Waals surface area contributed by atoms with Gasteiger partial charge in [0.25, 0.3) is 0 Å². The van der Waals surface area contributed by atoms with Gasteiger partial charge in [0, 0.05) is 3.57 Å². The summed E-state index contributed by atoms with van der Waals surface area (Å²) in [5.74, 6) is -0.0828. The maximum Gasteiger partial charge on any atom is 0.307 e. The molecule has 0 amide bonds. The molecule has 0 unspecified atom stereocenters. The van der Waals surface area contributed by atoms with Crippen LogP contribution in [0.25, 0.3) is 0 Å². The number of halogens is 1. The monoisotopic (exact) mass is 368 g/mol. The molecule has 0 saturated heterocycles. The molecule has 2 rings (SSSR count). The normalized spacial score (nSPS) is 10.2. The Kier molecular flexibility index (Phi) is 4.79. The van der Waals surface area contributed by atoms with Crippen molar-refractivity contribution in [2.75, 3.05) is 0 Å². The molecule has 0 fully saturated rings. The fourth-order valence-corrected chi connectivity index (χ4v) is 2.28. The van der Waals surface area contributed by atoms with Crippen molar-refractivity contribution in [3.05, 3.63) is 63.2 Å². The van der Waals surface area contributed by atoms with Crippen LogP contribution in [0.2, 0.25) is 0 Å². The van der Waals surface area contributed by atoms with Crippen molar-refractivity contribution < 1.29 is 14.6 Å². The fraction of sp³-hybridized carbons (Fsp3) is 0.133. The standard InChI is InChI=1S/C15H13IO3/c16-13-3-1-2-12(8-13)10-19-14-6-4-11(5-7-14)9-15(17)18/h1-8H,9-10H2,(H,17,18). The minimum absolute atomic E-state index is 0.0388. The molecular formula is C15H13IO3. The number of carbonyl (C=O) groups is 1. The Morgan fingerprint density at radius 1 is 1.11 bits per heavy atom. The van der Waals surface area contributed by atoms with E-state index < -0.39 is 5.97 Å². The van der Waals surface area contributed by atoms with Crippen molar-refractivity contribution in [1.82, 2.24) is 0 Å². The van der Waals surface area contributed by atoms with Crippen molar-refractivity contribution in [1.29, 1.82) is 0 Å². The lowest BCUT2D eigenvalue weighted by atomic mass is 10.1. The van der Waals surface area contributed by atoms with E-state index in [4.69, 9.17) is 9.84 Å². The van der Waals surface area contributed by atoms with Crippen LogP contribution in [-0.4, -0.2) is 11.1 Å². The highest BCUT2D eigenvalue weighted by atomic mass is 127. The third kappa shape index (κ3) is 4.55. The van der Waals surface area contributed by atoms with Gasteiger partial charge in [0.15, 0.2) is 0 Å². The van der Waals surface area contributed by atoms with E-state index >= 15 is 0 Å². The largest absolute Gasteiger partial charge is 0.489 e. The summed E-state index contributed by atoms with van der Waals surface area (Å²) in [6.07, 6.45) is 0.0388. The number of aliphatic carboxylic acids is 1. The molecule has 0 aromatic heterocycles. The molecule has 3 nitrogen and oxygen atoms in total. The van der Waals surface area contributed by atoms with E-state index in [0.717, 1.165) is 16.9 Å². The smallest absolute Gasteiger partial charge is 0.307 e. The Bertz CT molecular complexity index is 564. The molecule has 2 aromatic rings. The summed E-state index contributed by atoms with van der Waals surface area (Å²) in [5, 5.41) is 8.68. The van der Waals surface area contributed by atoms with E-state index in [9.17, 15) is 4.79 Å². The number of carboxylic acids is 1. The van der Waals surface area contributed by atoms with Gasteiger partial charge in [-0.25, -0.2) is 0 Å². The van der Waals surface area contributed by atoms with Crippen molar-refractivity contribution in [3.8, 4) is 5.75 Å². The van der Waals surface area contributed by atoms with Gasteiger partial charge in [0.05, 0.1) is 6.42 Å². The van der Waals surface area contributed by atoms with Crippen LogP contribution >= 0.6 is 22.6 Å². The Labute approximate surface area is 125 Å². The first kappa shape index (κ1) is 13.9. The molecule has 98 valence electrons. The van der Waals surface area contributed by atoms with Crippen LogP contribution in [0.3, 0.4) is 0 Å². The van der Waals surface area contributed by atoms with Crippen LogP contribution in [0.5, 0.6) is 5.75 Å². The maximum absolute atomic E-state index is 10.6. The predicted molar refractivity (Wildman–Crippen MR) is 81.3 cm³/mol. The molecule has 1 N–H and O–H groups in total. The second-order valence-electron chi connectivity index (χ2n) is 4.13. The zero-order chi connectivity index (χ0) is 13.7. The van der Waals surface area contributed by atoms with E-state index in [-0.39, 0.29) is 6.42 Å². The van der Waals surface area contributed by atoms with Crippen molar-refractivity contribution in [2.45, 2.75) is 13.0 Å². The summed E-state index contributed by atoms with van der Waals surface area (Å²) < 4.78 is 6.83. The number of hydrogen-bond acceptors (Lipinski definition) is 2. The second kappa shape index (κ2) is 6.56. The molecular weight excluding hydrogens is 355 g/mol. The zero-order valence-corrected chi connectivity index (χ0v) is 12.3. The number of benzene rings is 2. The summed E-state index contributed by atoms with van der Waals surface area (Å²) in [7, 11) is 0. The van der Waals surface area contributed by atoms with E-state index in [2.05, 4.69) is 28.7 Å². The Balaban J connectivity index is 1.94. The number of ether oxygens (including phenoxy) is 1. The van der Waals surface area contributed by atoms with Gasteiger partial charge in [0.2, 0.25) is 0 Å². The lowest BCUT2D eigenvalue weighted by molar-refractivity contribution is -0.136. The molecule has 0 bridgehead atoms. The van der Waals surface area contributed by atoms with Gasteiger partial charge < -0.3 is 9.84 Å². The van der Waals surface area contributed by atoms with Crippen molar-refractivity contribution in [3.63, 3.8) is 0 Å². The molecule has 0 aliphatic heterocycles. The van der Waals surface area contributed by atoms with Crippen LogP contribution in [0.15, 0.2) is 48.5 Å². The van der Waals surface area contributed by atoms with Gasteiger partial charge in [-0.15, -0.1) is 0 Å². The molecule has 0 atom stereocenters. The fourth-order valence-electron chi connectivity index (χ4n) is 1.67.